The molecule has 2 aromatic heterocycles. The van der Waals surface area contributed by atoms with Gasteiger partial charge in [0.2, 0.25) is 0 Å². The first kappa shape index (κ1) is 10.7. The Morgan fingerprint density at radius 3 is 2.44 bits per heavy atom. The van der Waals surface area contributed by atoms with Crippen LogP contribution in [0, 0.1) is 0 Å². The highest BCUT2D eigenvalue weighted by molar-refractivity contribution is 5.73. The van der Waals surface area contributed by atoms with Gasteiger partial charge in [0, 0.05) is 18.0 Å². The van der Waals surface area contributed by atoms with Gasteiger partial charge in [-0.15, -0.1) is 0 Å². The largest absolute Gasteiger partial charge is 0.319 e. The van der Waals surface area contributed by atoms with Gasteiger partial charge >= 0.3 is 0 Å². The van der Waals surface area contributed by atoms with Crippen molar-refractivity contribution in [3.63, 3.8) is 0 Å². The number of hydrogen-bond donors (Lipinski definition) is 1. The molecule has 0 fully saturated rings. The lowest BCUT2D eigenvalue weighted by atomic mass is 10.1. The molecule has 2 N–H and O–H groups in total. The number of rotatable bonds is 2. The van der Waals surface area contributed by atoms with Crippen LogP contribution in [0.15, 0.2) is 49.2 Å². The molecule has 0 radical (unpaired) electrons. The molecule has 0 saturated carbocycles. The molecule has 0 saturated heterocycles. The fourth-order valence-corrected chi connectivity index (χ4v) is 1.76. The van der Waals surface area contributed by atoms with Gasteiger partial charge in [-0.25, -0.2) is 15.0 Å². The van der Waals surface area contributed by atoms with Crippen LogP contribution in [0.4, 0.5) is 0 Å². The van der Waals surface area contributed by atoms with E-state index < -0.39 is 0 Å². The summed E-state index contributed by atoms with van der Waals surface area (Å²) in [5.74, 6) is 0. The third kappa shape index (κ3) is 1.91. The summed E-state index contributed by atoms with van der Waals surface area (Å²) in [5, 5.41) is 0. The van der Waals surface area contributed by atoms with Crippen LogP contribution in [0.3, 0.4) is 0 Å². The van der Waals surface area contributed by atoms with E-state index >= 15 is 0 Å². The third-order valence-corrected chi connectivity index (χ3v) is 2.73. The molecule has 5 heteroatoms. The quantitative estimate of drug-likeness (QED) is 0.730. The molecule has 1 atom stereocenters. The molecule has 88 valence electrons. The van der Waals surface area contributed by atoms with E-state index in [2.05, 4.69) is 19.9 Å². The Hall–Kier alpha value is -2.40. The van der Waals surface area contributed by atoms with Crippen LogP contribution in [0.25, 0.3) is 11.0 Å². The highest BCUT2D eigenvalue weighted by Crippen LogP contribution is 2.17. The van der Waals surface area contributed by atoms with E-state index in [-0.39, 0.29) is 6.04 Å². The van der Waals surface area contributed by atoms with E-state index in [1.807, 2.05) is 24.3 Å². The third-order valence-electron chi connectivity index (χ3n) is 2.73. The van der Waals surface area contributed by atoms with Crippen LogP contribution >= 0.6 is 0 Å². The zero-order valence-electron chi connectivity index (χ0n) is 9.56. The number of para-hydroxylation sites is 2. The first-order chi connectivity index (χ1) is 8.84. The lowest BCUT2D eigenvalue weighted by molar-refractivity contribution is 0.812. The van der Waals surface area contributed by atoms with Gasteiger partial charge in [-0.3, -0.25) is 4.98 Å². The molecule has 0 spiro atoms. The topological polar surface area (TPSA) is 77.6 Å². The molecule has 3 rings (SSSR count). The van der Waals surface area contributed by atoms with Crippen molar-refractivity contribution in [3.05, 3.63) is 60.4 Å². The van der Waals surface area contributed by atoms with E-state index in [0.717, 1.165) is 16.6 Å². The molecule has 1 aromatic carbocycles. The zero-order chi connectivity index (χ0) is 12.4. The fraction of sp³-hybridized carbons (Fsp3) is 0.0769. The van der Waals surface area contributed by atoms with E-state index in [9.17, 15) is 0 Å². The van der Waals surface area contributed by atoms with Gasteiger partial charge in [-0.1, -0.05) is 12.1 Å². The highest BCUT2D eigenvalue weighted by Gasteiger charge is 2.11. The van der Waals surface area contributed by atoms with Gasteiger partial charge in [0.25, 0.3) is 0 Å². The van der Waals surface area contributed by atoms with E-state index in [1.165, 1.54) is 6.33 Å². The van der Waals surface area contributed by atoms with Gasteiger partial charge < -0.3 is 5.73 Å². The standard InChI is InChI=1S/C13H11N5/c14-13(9-5-15-8-16-6-9)12-7-17-10-3-1-2-4-11(10)18-12/h1-8,13H,14H2. The minimum Gasteiger partial charge on any atom is -0.319 e. The molecule has 3 aromatic rings. The van der Waals surface area contributed by atoms with Gasteiger partial charge in [0.1, 0.15) is 6.33 Å². The smallest absolute Gasteiger partial charge is 0.115 e. The summed E-state index contributed by atoms with van der Waals surface area (Å²) in [7, 11) is 0. The van der Waals surface area contributed by atoms with Crippen LogP contribution in [-0.2, 0) is 0 Å². The predicted octanol–water partition coefficient (Wildman–Crippen LogP) is 1.47. The van der Waals surface area contributed by atoms with Crippen molar-refractivity contribution < 1.29 is 0 Å². The summed E-state index contributed by atoms with van der Waals surface area (Å²) in [6.07, 6.45) is 6.55. The molecule has 1 unspecified atom stereocenters. The van der Waals surface area contributed by atoms with Crippen LogP contribution in [0.1, 0.15) is 17.3 Å². The van der Waals surface area contributed by atoms with Gasteiger partial charge in [0.05, 0.1) is 29.0 Å². The monoisotopic (exact) mass is 237 g/mol. The van der Waals surface area contributed by atoms with Crippen molar-refractivity contribution in [2.24, 2.45) is 5.73 Å². The first-order valence-corrected chi connectivity index (χ1v) is 5.57. The second-order valence-electron chi connectivity index (χ2n) is 3.93. The first-order valence-electron chi connectivity index (χ1n) is 5.57. The number of hydrogen-bond acceptors (Lipinski definition) is 5. The lowest BCUT2D eigenvalue weighted by Gasteiger charge is -2.10. The molecule has 0 aliphatic rings. The summed E-state index contributed by atoms with van der Waals surface area (Å²) < 4.78 is 0. The van der Waals surface area contributed by atoms with Crippen molar-refractivity contribution in [3.8, 4) is 0 Å². The van der Waals surface area contributed by atoms with Crippen molar-refractivity contribution in [2.75, 3.05) is 0 Å². The number of aromatic nitrogens is 4. The average Bonchev–Trinajstić information content (AvgIpc) is 2.47. The van der Waals surface area contributed by atoms with Gasteiger partial charge in [0.15, 0.2) is 0 Å². The Labute approximate surface area is 104 Å². The number of fused-ring (bicyclic) bond motifs is 1. The van der Waals surface area contributed by atoms with Gasteiger partial charge in [-0.05, 0) is 12.1 Å². The Morgan fingerprint density at radius 2 is 1.67 bits per heavy atom. The second kappa shape index (κ2) is 4.46. The minimum atomic E-state index is -0.358. The highest BCUT2D eigenvalue weighted by atomic mass is 14.9. The molecule has 0 amide bonds. The molecule has 5 nitrogen and oxygen atoms in total. The normalized spacial score (nSPS) is 12.5. The molecule has 0 bridgehead atoms. The molecular weight excluding hydrogens is 226 g/mol. The number of benzene rings is 1. The Kier molecular flexibility index (Phi) is 2.66. The van der Waals surface area contributed by atoms with Crippen molar-refractivity contribution in [2.45, 2.75) is 6.04 Å². The molecule has 0 aliphatic heterocycles. The minimum absolute atomic E-state index is 0.358. The lowest BCUT2D eigenvalue weighted by Crippen LogP contribution is -2.14. The summed E-state index contributed by atoms with van der Waals surface area (Å²) in [4.78, 5) is 16.8. The van der Waals surface area contributed by atoms with E-state index in [4.69, 9.17) is 5.73 Å². The second-order valence-corrected chi connectivity index (χ2v) is 3.93. The summed E-state index contributed by atoms with van der Waals surface area (Å²) in [6.45, 7) is 0. The maximum absolute atomic E-state index is 6.12. The Balaban J connectivity index is 2.04. The van der Waals surface area contributed by atoms with E-state index in [1.54, 1.807) is 18.6 Å². The molecule has 0 aliphatic carbocycles. The predicted molar refractivity (Wildman–Crippen MR) is 67.6 cm³/mol. The molecule has 2 heterocycles. The number of nitrogens with zero attached hydrogens (tertiary/aromatic N) is 4. The fourth-order valence-electron chi connectivity index (χ4n) is 1.76. The van der Waals surface area contributed by atoms with Crippen molar-refractivity contribution >= 4 is 11.0 Å². The van der Waals surface area contributed by atoms with Crippen LogP contribution in [-0.4, -0.2) is 19.9 Å². The maximum atomic E-state index is 6.12. The summed E-state index contributed by atoms with van der Waals surface area (Å²) >= 11 is 0. The number of nitrogens with two attached hydrogens (primary N) is 1. The zero-order valence-corrected chi connectivity index (χ0v) is 9.56. The van der Waals surface area contributed by atoms with E-state index in [0.29, 0.717) is 5.69 Å². The SMILES string of the molecule is NC(c1cncnc1)c1cnc2ccccc2n1. The Morgan fingerprint density at radius 1 is 0.944 bits per heavy atom. The van der Waals surface area contributed by atoms with Crippen LogP contribution in [0.5, 0.6) is 0 Å². The van der Waals surface area contributed by atoms with Crippen molar-refractivity contribution in [1.82, 2.24) is 19.9 Å². The summed E-state index contributed by atoms with van der Waals surface area (Å²) in [6, 6.07) is 7.34. The Bertz CT molecular complexity index is 668. The van der Waals surface area contributed by atoms with Crippen molar-refractivity contribution in [1.29, 1.82) is 0 Å². The maximum Gasteiger partial charge on any atom is 0.115 e. The van der Waals surface area contributed by atoms with Gasteiger partial charge in [-0.2, -0.15) is 0 Å². The van der Waals surface area contributed by atoms with Crippen LogP contribution in [0.2, 0.25) is 0 Å². The van der Waals surface area contributed by atoms with Crippen LogP contribution < -0.4 is 5.73 Å². The average molecular weight is 237 g/mol. The molecule has 18 heavy (non-hydrogen) atoms. The summed E-state index contributed by atoms with van der Waals surface area (Å²) in [5.41, 5.74) is 9.35. The molecular formula is C13H11N5.